The van der Waals surface area contributed by atoms with Crippen LogP contribution in [0.3, 0.4) is 0 Å². The molecule has 4 rings (SSSR count). The van der Waals surface area contributed by atoms with Crippen molar-refractivity contribution >= 4 is 11.6 Å². The molecular weight excluding hydrogens is 389 g/mol. The van der Waals surface area contributed by atoms with Crippen molar-refractivity contribution in [3.8, 4) is 11.5 Å². The highest BCUT2D eigenvalue weighted by Gasteiger charge is 2.26. The maximum Gasteiger partial charge on any atom is 0.279 e. The van der Waals surface area contributed by atoms with Crippen molar-refractivity contribution in [2.45, 2.75) is 20.4 Å². The summed E-state index contributed by atoms with van der Waals surface area (Å²) in [7, 11) is 0. The molecule has 30 heavy (non-hydrogen) atoms. The molecule has 1 amide bonds. The lowest BCUT2D eigenvalue weighted by Crippen LogP contribution is -3.28. The van der Waals surface area contributed by atoms with E-state index in [0.29, 0.717) is 30.6 Å². The Kier molecular flexibility index (Phi) is 5.91. The Morgan fingerprint density at radius 2 is 1.87 bits per heavy atom. The number of anilines is 1. The average molecular weight is 415 g/mol. The fourth-order valence-corrected chi connectivity index (χ4v) is 3.80. The monoisotopic (exact) mass is 415 g/mol. The molecule has 0 aliphatic carbocycles. The highest BCUT2D eigenvalue weighted by Crippen LogP contribution is 2.25. The first-order valence-corrected chi connectivity index (χ1v) is 10.1. The van der Waals surface area contributed by atoms with Crippen LogP contribution in [0.2, 0.25) is 0 Å². The Morgan fingerprint density at radius 3 is 2.57 bits per heavy atom. The molecule has 2 aromatic heterocycles. The second kappa shape index (κ2) is 8.76. The van der Waals surface area contributed by atoms with E-state index in [4.69, 9.17) is 8.83 Å². The number of amides is 1. The summed E-state index contributed by atoms with van der Waals surface area (Å²) in [4.78, 5) is 14.8. The lowest BCUT2D eigenvalue weighted by atomic mass is 10.2. The minimum atomic E-state index is -0.361. The van der Waals surface area contributed by atoms with Crippen LogP contribution in [0, 0.1) is 19.7 Å². The van der Waals surface area contributed by atoms with Crippen LogP contribution in [0.15, 0.2) is 39.2 Å². The molecule has 158 valence electrons. The number of quaternary nitrogens is 2. The second-order valence-electron chi connectivity index (χ2n) is 7.74. The maximum absolute atomic E-state index is 13.2. The summed E-state index contributed by atoms with van der Waals surface area (Å²) < 4.78 is 24.6. The topological polar surface area (TPSA) is 90.0 Å². The Bertz CT molecular complexity index is 1020. The number of nitrogens with one attached hydrogen (secondary N) is 3. The Morgan fingerprint density at radius 1 is 1.10 bits per heavy atom. The molecule has 1 aliphatic rings. The van der Waals surface area contributed by atoms with Crippen molar-refractivity contribution in [3.05, 3.63) is 53.6 Å². The SMILES string of the molecule is Cc1cc(-c2nnc(C[NH+]3CC[NH+](CC(=O)Nc4cccc(F)c4)CC3)o2)c(C)o1. The number of hydrogen-bond donors (Lipinski definition) is 3. The van der Waals surface area contributed by atoms with E-state index in [2.05, 4.69) is 15.5 Å². The van der Waals surface area contributed by atoms with Crippen LogP contribution in [-0.2, 0) is 11.3 Å². The van der Waals surface area contributed by atoms with Crippen molar-refractivity contribution in [1.29, 1.82) is 0 Å². The highest BCUT2D eigenvalue weighted by molar-refractivity contribution is 5.91. The van der Waals surface area contributed by atoms with Crippen LogP contribution in [0.1, 0.15) is 17.4 Å². The van der Waals surface area contributed by atoms with Crippen LogP contribution in [0.5, 0.6) is 0 Å². The summed E-state index contributed by atoms with van der Waals surface area (Å²) in [5.74, 6) is 2.20. The summed E-state index contributed by atoms with van der Waals surface area (Å²) in [5.41, 5.74) is 1.32. The molecule has 3 heterocycles. The lowest BCUT2D eigenvalue weighted by Gasteiger charge is -2.28. The first-order valence-electron chi connectivity index (χ1n) is 10.1. The first kappa shape index (κ1) is 20.2. The molecule has 0 bridgehead atoms. The van der Waals surface area contributed by atoms with Gasteiger partial charge in [0.15, 0.2) is 13.1 Å². The van der Waals surface area contributed by atoms with E-state index in [1.165, 1.54) is 21.9 Å². The number of hydrogen-bond acceptors (Lipinski definition) is 5. The molecule has 8 nitrogen and oxygen atoms in total. The summed E-state index contributed by atoms with van der Waals surface area (Å²) in [6.07, 6.45) is 0. The van der Waals surface area contributed by atoms with E-state index in [1.807, 2.05) is 19.9 Å². The molecule has 0 atom stereocenters. The van der Waals surface area contributed by atoms with Gasteiger partial charge in [-0.2, -0.15) is 0 Å². The molecule has 0 radical (unpaired) electrons. The van der Waals surface area contributed by atoms with Crippen LogP contribution in [0.4, 0.5) is 10.1 Å². The number of rotatable bonds is 6. The van der Waals surface area contributed by atoms with Crippen LogP contribution >= 0.6 is 0 Å². The number of furan rings is 1. The summed E-state index contributed by atoms with van der Waals surface area (Å²) in [5, 5.41) is 11.1. The Labute approximate surface area is 173 Å². The predicted octanol–water partition coefficient (Wildman–Crippen LogP) is 0.00764. The molecule has 1 saturated heterocycles. The number of aryl methyl sites for hydroxylation is 2. The van der Waals surface area contributed by atoms with Crippen molar-refractivity contribution in [3.63, 3.8) is 0 Å². The third-order valence-corrected chi connectivity index (χ3v) is 5.32. The van der Waals surface area contributed by atoms with Gasteiger partial charge in [-0.15, -0.1) is 10.2 Å². The lowest BCUT2D eigenvalue weighted by molar-refractivity contribution is -1.02. The van der Waals surface area contributed by atoms with Gasteiger partial charge in [0.05, 0.1) is 5.56 Å². The maximum atomic E-state index is 13.2. The zero-order chi connectivity index (χ0) is 21.1. The van der Waals surface area contributed by atoms with Crippen LogP contribution in [0.25, 0.3) is 11.5 Å². The van der Waals surface area contributed by atoms with E-state index < -0.39 is 0 Å². The van der Waals surface area contributed by atoms with E-state index in [9.17, 15) is 9.18 Å². The highest BCUT2D eigenvalue weighted by atomic mass is 19.1. The Balaban J connectivity index is 1.25. The molecule has 3 aromatic rings. The fourth-order valence-electron chi connectivity index (χ4n) is 3.80. The first-order chi connectivity index (χ1) is 14.5. The van der Waals surface area contributed by atoms with Crippen molar-refractivity contribution in [1.82, 2.24) is 10.2 Å². The number of nitrogens with zero attached hydrogens (tertiary/aromatic N) is 2. The van der Waals surface area contributed by atoms with Gasteiger partial charge in [-0.25, -0.2) is 4.39 Å². The van der Waals surface area contributed by atoms with Gasteiger partial charge in [-0.1, -0.05) is 6.07 Å². The van der Waals surface area contributed by atoms with E-state index in [-0.39, 0.29) is 11.7 Å². The van der Waals surface area contributed by atoms with Crippen molar-refractivity contribution < 1.29 is 27.8 Å². The molecule has 0 spiro atoms. The molecule has 1 aromatic carbocycles. The molecule has 3 N–H and O–H groups in total. The minimum Gasteiger partial charge on any atom is -0.466 e. The third kappa shape index (κ3) is 4.92. The number of carbonyl (C=O) groups excluding carboxylic acids is 1. The molecule has 1 fully saturated rings. The quantitative estimate of drug-likeness (QED) is 0.528. The zero-order valence-electron chi connectivity index (χ0n) is 17.1. The number of aromatic nitrogens is 2. The standard InChI is InChI=1S/C21H24FN5O3/c1-14-10-18(15(2)29-14)21-25-24-20(30-21)13-27-8-6-26(7-9-27)12-19(28)23-17-5-3-4-16(22)11-17/h3-5,10-11H,6-9,12-13H2,1-2H3,(H,23,28)/p+2. The summed E-state index contributed by atoms with van der Waals surface area (Å²) >= 11 is 0. The molecular formula is C21H26FN5O3+2. The largest absolute Gasteiger partial charge is 0.466 e. The number of piperazine rings is 1. The van der Waals surface area contributed by atoms with E-state index >= 15 is 0 Å². The van der Waals surface area contributed by atoms with Gasteiger partial charge in [-0.05, 0) is 38.1 Å². The number of carbonyl (C=O) groups is 1. The van der Waals surface area contributed by atoms with E-state index in [0.717, 1.165) is 43.3 Å². The fraction of sp³-hybridized carbons (Fsp3) is 0.381. The molecule has 1 aliphatic heterocycles. The summed E-state index contributed by atoms with van der Waals surface area (Å²) in [6, 6.07) is 7.84. The van der Waals surface area contributed by atoms with Gasteiger partial charge in [0.25, 0.3) is 17.7 Å². The molecule has 0 unspecified atom stereocenters. The molecule has 9 heteroatoms. The van der Waals surface area contributed by atoms with Gasteiger partial charge >= 0.3 is 0 Å². The smallest absolute Gasteiger partial charge is 0.279 e. The minimum absolute atomic E-state index is 0.105. The van der Waals surface area contributed by atoms with Gasteiger partial charge in [-0.3, -0.25) is 4.79 Å². The van der Waals surface area contributed by atoms with Gasteiger partial charge in [0.2, 0.25) is 0 Å². The Hall–Kier alpha value is -3.04. The van der Waals surface area contributed by atoms with Gasteiger partial charge in [0, 0.05) is 5.69 Å². The average Bonchev–Trinajstić information content (AvgIpc) is 3.29. The molecule has 0 saturated carbocycles. The summed E-state index contributed by atoms with van der Waals surface area (Å²) in [6.45, 7) is 8.34. The predicted molar refractivity (Wildman–Crippen MR) is 106 cm³/mol. The number of halogens is 1. The normalized spacial score (nSPS) is 19.0. The second-order valence-corrected chi connectivity index (χ2v) is 7.74. The number of benzene rings is 1. The van der Waals surface area contributed by atoms with Crippen molar-refractivity contribution in [2.24, 2.45) is 0 Å². The van der Waals surface area contributed by atoms with Gasteiger partial charge < -0.3 is 24.0 Å². The third-order valence-electron chi connectivity index (χ3n) is 5.32. The van der Waals surface area contributed by atoms with Crippen molar-refractivity contribution in [2.75, 3.05) is 38.0 Å². The zero-order valence-corrected chi connectivity index (χ0v) is 17.1. The van der Waals surface area contributed by atoms with Crippen LogP contribution < -0.4 is 15.1 Å². The van der Waals surface area contributed by atoms with Gasteiger partial charge in [0.1, 0.15) is 43.5 Å². The van der Waals surface area contributed by atoms with E-state index in [1.54, 1.807) is 12.1 Å². The van der Waals surface area contributed by atoms with Crippen LogP contribution in [-0.4, -0.2) is 48.8 Å².